The Morgan fingerprint density at radius 2 is 1.95 bits per heavy atom. The molecular formula is C15H13ClFNO2. The van der Waals surface area contributed by atoms with Crippen LogP contribution in [0.2, 0.25) is 5.02 Å². The summed E-state index contributed by atoms with van der Waals surface area (Å²) >= 11 is 6.02. The molecule has 0 aliphatic carbocycles. The summed E-state index contributed by atoms with van der Waals surface area (Å²) in [4.78, 5) is 0. The largest absolute Gasteiger partial charge is 0.454 e. The van der Waals surface area contributed by atoms with Gasteiger partial charge >= 0.3 is 0 Å². The fourth-order valence-corrected chi connectivity index (χ4v) is 2.32. The Hall–Kier alpha value is -1.78. The Kier molecular flexibility index (Phi) is 3.76. The predicted octanol–water partition coefficient (Wildman–Crippen LogP) is 3.50. The number of halogens is 2. The molecule has 0 amide bonds. The Labute approximate surface area is 121 Å². The third kappa shape index (κ3) is 2.71. The van der Waals surface area contributed by atoms with Gasteiger partial charge in [0.25, 0.3) is 0 Å². The number of hydrogen-bond donors (Lipinski definition) is 1. The molecule has 0 bridgehead atoms. The van der Waals surface area contributed by atoms with Crippen LogP contribution >= 0.6 is 11.6 Å². The highest BCUT2D eigenvalue weighted by Gasteiger charge is 2.16. The third-order valence-electron chi connectivity index (χ3n) is 3.12. The van der Waals surface area contributed by atoms with Gasteiger partial charge in [-0.05, 0) is 29.8 Å². The maximum absolute atomic E-state index is 13.2. The number of para-hydroxylation sites is 1. The third-order valence-corrected chi connectivity index (χ3v) is 3.49. The zero-order chi connectivity index (χ0) is 13.9. The van der Waals surface area contributed by atoms with Crippen molar-refractivity contribution in [1.29, 1.82) is 0 Å². The highest BCUT2D eigenvalue weighted by Crippen LogP contribution is 2.35. The average molecular weight is 294 g/mol. The van der Waals surface area contributed by atoms with Gasteiger partial charge in [-0.1, -0.05) is 23.7 Å². The van der Waals surface area contributed by atoms with E-state index in [0.29, 0.717) is 18.1 Å². The van der Waals surface area contributed by atoms with Crippen LogP contribution in [0.15, 0.2) is 36.4 Å². The molecule has 1 heterocycles. The molecule has 0 saturated heterocycles. The number of benzene rings is 2. The molecule has 1 aliphatic heterocycles. The van der Waals surface area contributed by atoms with Crippen LogP contribution in [-0.4, -0.2) is 6.79 Å². The van der Waals surface area contributed by atoms with E-state index in [9.17, 15) is 4.39 Å². The van der Waals surface area contributed by atoms with Crippen molar-refractivity contribution in [2.75, 3.05) is 6.79 Å². The lowest BCUT2D eigenvalue weighted by molar-refractivity contribution is 0.173. The predicted molar refractivity (Wildman–Crippen MR) is 74.5 cm³/mol. The highest BCUT2D eigenvalue weighted by atomic mass is 35.5. The Balaban J connectivity index is 1.66. The lowest BCUT2D eigenvalue weighted by atomic mass is 10.1. The van der Waals surface area contributed by atoms with Gasteiger partial charge in [-0.2, -0.15) is 0 Å². The van der Waals surface area contributed by atoms with Crippen molar-refractivity contribution in [1.82, 2.24) is 5.32 Å². The minimum absolute atomic E-state index is 0.252. The standard InChI is InChI=1S/C15H13ClFNO2/c16-13-5-4-12(17)6-11(13)8-18-7-10-2-1-3-14-15(10)20-9-19-14/h1-6,18H,7-9H2. The average Bonchev–Trinajstić information content (AvgIpc) is 2.92. The summed E-state index contributed by atoms with van der Waals surface area (Å²) in [5.74, 6) is 1.24. The van der Waals surface area contributed by atoms with Gasteiger partial charge in [0.15, 0.2) is 11.5 Å². The molecule has 104 valence electrons. The second-order valence-electron chi connectivity index (χ2n) is 4.49. The van der Waals surface area contributed by atoms with E-state index >= 15 is 0 Å². The first-order valence-electron chi connectivity index (χ1n) is 6.26. The fourth-order valence-electron chi connectivity index (χ4n) is 2.14. The van der Waals surface area contributed by atoms with Crippen molar-refractivity contribution < 1.29 is 13.9 Å². The second-order valence-corrected chi connectivity index (χ2v) is 4.90. The summed E-state index contributed by atoms with van der Waals surface area (Å²) in [6.45, 7) is 1.34. The summed E-state index contributed by atoms with van der Waals surface area (Å²) in [6, 6.07) is 10.1. The summed E-state index contributed by atoms with van der Waals surface area (Å²) in [7, 11) is 0. The number of nitrogens with one attached hydrogen (secondary N) is 1. The molecule has 20 heavy (non-hydrogen) atoms. The first kappa shape index (κ1) is 13.2. The van der Waals surface area contributed by atoms with Gasteiger partial charge in [-0.25, -0.2) is 4.39 Å². The van der Waals surface area contributed by atoms with Crippen molar-refractivity contribution >= 4 is 11.6 Å². The van der Waals surface area contributed by atoms with Crippen molar-refractivity contribution in [3.05, 3.63) is 58.4 Å². The number of ether oxygens (including phenoxy) is 2. The Morgan fingerprint density at radius 1 is 1.10 bits per heavy atom. The van der Waals surface area contributed by atoms with Gasteiger partial charge in [0.2, 0.25) is 6.79 Å². The molecule has 2 aromatic carbocycles. The van der Waals surface area contributed by atoms with Crippen molar-refractivity contribution in [3.63, 3.8) is 0 Å². The number of hydrogen-bond acceptors (Lipinski definition) is 3. The number of rotatable bonds is 4. The summed E-state index contributed by atoms with van der Waals surface area (Å²) in [5.41, 5.74) is 1.74. The zero-order valence-corrected chi connectivity index (χ0v) is 11.4. The van der Waals surface area contributed by atoms with Crippen LogP contribution in [0.25, 0.3) is 0 Å². The smallest absolute Gasteiger partial charge is 0.231 e. The summed E-state index contributed by atoms with van der Waals surface area (Å²) in [5, 5.41) is 3.78. The first-order valence-corrected chi connectivity index (χ1v) is 6.64. The van der Waals surface area contributed by atoms with Gasteiger partial charge in [0.1, 0.15) is 5.82 Å². The molecular weight excluding hydrogens is 281 g/mol. The van der Waals surface area contributed by atoms with Crippen LogP contribution in [0.5, 0.6) is 11.5 Å². The van der Waals surface area contributed by atoms with E-state index in [1.165, 1.54) is 12.1 Å². The lowest BCUT2D eigenvalue weighted by Gasteiger charge is -2.09. The number of fused-ring (bicyclic) bond motifs is 1. The van der Waals surface area contributed by atoms with Crippen LogP contribution < -0.4 is 14.8 Å². The van der Waals surface area contributed by atoms with Crippen molar-refractivity contribution in [2.24, 2.45) is 0 Å². The van der Waals surface area contributed by atoms with Crippen molar-refractivity contribution in [2.45, 2.75) is 13.1 Å². The maximum atomic E-state index is 13.2. The van der Waals surface area contributed by atoms with E-state index in [4.69, 9.17) is 21.1 Å². The molecule has 0 saturated carbocycles. The van der Waals surface area contributed by atoms with E-state index in [1.54, 1.807) is 6.07 Å². The van der Waals surface area contributed by atoms with E-state index < -0.39 is 0 Å². The van der Waals surface area contributed by atoms with Crippen LogP contribution in [0, 0.1) is 5.82 Å². The SMILES string of the molecule is Fc1ccc(Cl)c(CNCc2cccc3c2OCO3)c1. The molecule has 0 radical (unpaired) electrons. The highest BCUT2D eigenvalue weighted by molar-refractivity contribution is 6.31. The van der Waals surface area contributed by atoms with E-state index in [1.807, 2.05) is 18.2 Å². The normalized spacial score (nSPS) is 12.7. The molecule has 3 rings (SSSR count). The van der Waals surface area contributed by atoms with Crippen molar-refractivity contribution in [3.8, 4) is 11.5 Å². The molecule has 0 unspecified atom stereocenters. The fraction of sp³-hybridized carbons (Fsp3) is 0.200. The minimum Gasteiger partial charge on any atom is -0.454 e. The monoisotopic (exact) mass is 293 g/mol. The summed E-state index contributed by atoms with van der Waals surface area (Å²) in [6.07, 6.45) is 0. The van der Waals surface area contributed by atoms with Gasteiger partial charge < -0.3 is 14.8 Å². The van der Waals surface area contributed by atoms with Gasteiger partial charge in [-0.15, -0.1) is 0 Å². The van der Waals surface area contributed by atoms with E-state index in [0.717, 1.165) is 22.6 Å². The Bertz CT molecular complexity index is 633. The molecule has 3 nitrogen and oxygen atoms in total. The molecule has 5 heteroatoms. The quantitative estimate of drug-likeness (QED) is 0.936. The molecule has 0 atom stereocenters. The lowest BCUT2D eigenvalue weighted by Crippen LogP contribution is -2.13. The Morgan fingerprint density at radius 3 is 2.85 bits per heavy atom. The minimum atomic E-state index is -0.288. The van der Waals surface area contributed by atoms with Gasteiger partial charge in [0.05, 0.1) is 0 Å². The van der Waals surface area contributed by atoms with Crippen LogP contribution in [0.4, 0.5) is 4.39 Å². The van der Waals surface area contributed by atoms with Crippen LogP contribution in [0.3, 0.4) is 0 Å². The summed E-state index contributed by atoms with van der Waals surface area (Å²) < 4.78 is 23.9. The second kappa shape index (κ2) is 5.69. The molecule has 1 N–H and O–H groups in total. The van der Waals surface area contributed by atoms with Crippen LogP contribution in [-0.2, 0) is 13.1 Å². The van der Waals surface area contributed by atoms with Gasteiger partial charge in [0, 0.05) is 23.7 Å². The van der Waals surface area contributed by atoms with Gasteiger partial charge in [-0.3, -0.25) is 0 Å². The molecule has 2 aromatic rings. The molecule has 0 aromatic heterocycles. The van der Waals surface area contributed by atoms with Crippen LogP contribution in [0.1, 0.15) is 11.1 Å². The zero-order valence-electron chi connectivity index (χ0n) is 10.7. The molecule has 0 spiro atoms. The topological polar surface area (TPSA) is 30.5 Å². The molecule has 1 aliphatic rings. The van der Waals surface area contributed by atoms with E-state index in [2.05, 4.69) is 5.32 Å². The van der Waals surface area contributed by atoms with E-state index in [-0.39, 0.29) is 12.6 Å². The maximum Gasteiger partial charge on any atom is 0.231 e. The first-order chi connectivity index (χ1) is 9.74. The molecule has 0 fully saturated rings.